The number of hydrogen-bond donors (Lipinski definition) is 1. The Morgan fingerprint density at radius 3 is 2.65 bits per heavy atom. The Morgan fingerprint density at radius 2 is 1.85 bits per heavy atom. The van der Waals surface area contributed by atoms with E-state index in [1.807, 2.05) is 0 Å². The summed E-state index contributed by atoms with van der Waals surface area (Å²) in [6.07, 6.45) is 7.53. The quantitative estimate of drug-likeness (QED) is 0.239. The van der Waals surface area contributed by atoms with E-state index in [1.54, 1.807) is 11.5 Å². The van der Waals surface area contributed by atoms with Crippen molar-refractivity contribution in [2.45, 2.75) is 25.7 Å². The number of rotatable bonds is 8. The number of amides is 1. The second-order valence-corrected chi connectivity index (χ2v) is 11.5. The molecule has 0 radical (unpaired) electrons. The van der Waals surface area contributed by atoms with Crippen molar-refractivity contribution >= 4 is 45.1 Å². The van der Waals surface area contributed by atoms with Crippen LogP contribution in [0.25, 0.3) is 16.2 Å². The zero-order valence-corrected chi connectivity index (χ0v) is 23.1. The first-order valence-corrected chi connectivity index (χ1v) is 14.7. The van der Waals surface area contributed by atoms with Crippen molar-refractivity contribution in [1.29, 1.82) is 0 Å². The number of nitro groups is 1. The molecule has 3 aliphatic rings. The number of carbonyl (C=O) groups excluding carboxylic acids is 1. The van der Waals surface area contributed by atoms with Gasteiger partial charge in [0.2, 0.25) is 12.7 Å². The third-order valence-electron chi connectivity index (χ3n) is 8.26. The lowest BCUT2D eigenvalue weighted by Gasteiger charge is -2.40. The topological polar surface area (TPSA) is 110 Å². The van der Waals surface area contributed by atoms with Gasteiger partial charge in [-0.3, -0.25) is 19.8 Å². The van der Waals surface area contributed by atoms with Gasteiger partial charge in [-0.2, -0.15) is 4.37 Å². The monoisotopic (exact) mass is 563 g/mol. The highest BCUT2D eigenvalue weighted by molar-refractivity contribution is 7.13. The number of fused-ring (bicyclic) bond motifs is 2. The molecule has 3 heterocycles. The fourth-order valence-electron chi connectivity index (χ4n) is 6.06. The van der Waals surface area contributed by atoms with Crippen LogP contribution in [0.1, 0.15) is 31.2 Å². The molecule has 2 fully saturated rings. The van der Waals surface area contributed by atoms with Crippen LogP contribution in [0.15, 0.2) is 42.5 Å². The number of anilines is 1. The van der Waals surface area contributed by atoms with E-state index < -0.39 is 4.92 Å². The summed E-state index contributed by atoms with van der Waals surface area (Å²) in [6, 6.07) is 11.3. The average molecular weight is 564 g/mol. The van der Waals surface area contributed by atoms with E-state index in [0.29, 0.717) is 35.4 Å². The third kappa shape index (κ3) is 5.75. The molecule has 0 spiro atoms. The molecule has 3 aromatic rings. The molecular formula is C29H33N5O5S. The smallest absolute Gasteiger partial charge is 0.280 e. The van der Waals surface area contributed by atoms with E-state index in [-0.39, 0.29) is 18.4 Å². The van der Waals surface area contributed by atoms with Gasteiger partial charge in [-0.15, -0.1) is 0 Å². The molecule has 0 unspecified atom stereocenters. The van der Waals surface area contributed by atoms with Crippen molar-refractivity contribution in [2.75, 3.05) is 51.0 Å². The number of benzene rings is 2. The van der Waals surface area contributed by atoms with Crippen LogP contribution in [0.5, 0.6) is 11.5 Å². The summed E-state index contributed by atoms with van der Waals surface area (Å²) in [5.74, 6) is 2.61. The Balaban J connectivity index is 1.02. The molecule has 1 aromatic heterocycles. The maximum absolute atomic E-state index is 12.7. The maximum Gasteiger partial charge on any atom is 0.280 e. The van der Waals surface area contributed by atoms with Crippen LogP contribution in [-0.2, 0) is 4.79 Å². The number of carbonyl (C=O) groups is 1. The predicted octanol–water partition coefficient (Wildman–Crippen LogP) is 4.69. The van der Waals surface area contributed by atoms with Crippen molar-refractivity contribution in [2.24, 2.45) is 11.8 Å². The van der Waals surface area contributed by atoms with E-state index >= 15 is 0 Å². The van der Waals surface area contributed by atoms with Crippen molar-refractivity contribution < 1.29 is 19.2 Å². The molecule has 0 bridgehead atoms. The van der Waals surface area contributed by atoms with Gasteiger partial charge in [0, 0.05) is 50.7 Å². The van der Waals surface area contributed by atoms with Crippen LogP contribution in [-0.4, -0.2) is 66.2 Å². The van der Waals surface area contributed by atoms with Crippen LogP contribution >= 0.6 is 11.5 Å². The number of aromatic nitrogens is 1. The second-order valence-electron chi connectivity index (χ2n) is 10.7. The Kier molecular flexibility index (Phi) is 7.83. The van der Waals surface area contributed by atoms with Crippen LogP contribution < -0.4 is 19.7 Å². The lowest BCUT2D eigenvalue weighted by atomic mass is 9.78. The van der Waals surface area contributed by atoms with Crippen LogP contribution in [0, 0.1) is 22.0 Å². The minimum Gasteiger partial charge on any atom is -0.454 e. The van der Waals surface area contributed by atoms with Crippen LogP contribution in [0.4, 0.5) is 11.5 Å². The summed E-state index contributed by atoms with van der Waals surface area (Å²) in [5.41, 5.74) is 0.188. The van der Waals surface area contributed by atoms with E-state index in [9.17, 15) is 14.9 Å². The SMILES string of the molecule is O=C(C=Cc1cc2c(cc1[N+](=O)[O-])OCO2)NC[C@H]1CCCC[C@@H]1CN1CCN(c2nsc3ccccc23)CC1. The van der Waals surface area contributed by atoms with E-state index in [1.165, 1.54) is 53.6 Å². The predicted molar refractivity (Wildman–Crippen MR) is 155 cm³/mol. The Bertz CT molecular complexity index is 1420. The van der Waals surface area contributed by atoms with E-state index in [4.69, 9.17) is 13.8 Å². The fourth-order valence-corrected chi connectivity index (χ4v) is 6.86. The summed E-state index contributed by atoms with van der Waals surface area (Å²) < 4.78 is 16.5. The van der Waals surface area contributed by atoms with E-state index in [2.05, 4.69) is 39.4 Å². The van der Waals surface area contributed by atoms with Gasteiger partial charge in [0.15, 0.2) is 11.5 Å². The van der Waals surface area contributed by atoms with Crippen LogP contribution in [0.2, 0.25) is 0 Å². The maximum atomic E-state index is 12.7. The molecule has 1 saturated carbocycles. The molecule has 1 amide bonds. The first-order valence-electron chi connectivity index (χ1n) is 13.9. The molecule has 210 valence electrons. The Labute approximate surface area is 236 Å². The molecule has 40 heavy (non-hydrogen) atoms. The minimum absolute atomic E-state index is 0.0291. The van der Waals surface area contributed by atoms with Gasteiger partial charge in [0.1, 0.15) is 5.82 Å². The highest BCUT2D eigenvalue weighted by Crippen LogP contribution is 2.38. The molecule has 2 aromatic carbocycles. The van der Waals surface area contributed by atoms with Gasteiger partial charge in [-0.25, -0.2) is 0 Å². The van der Waals surface area contributed by atoms with Crippen molar-refractivity contribution in [3.63, 3.8) is 0 Å². The van der Waals surface area contributed by atoms with E-state index in [0.717, 1.165) is 45.0 Å². The number of nitrogens with zero attached hydrogens (tertiary/aromatic N) is 4. The first kappa shape index (κ1) is 26.5. The minimum atomic E-state index is -0.481. The molecule has 1 saturated heterocycles. The number of piperazine rings is 1. The highest BCUT2D eigenvalue weighted by atomic mass is 32.1. The Morgan fingerprint density at radius 1 is 1.10 bits per heavy atom. The lowest BCUT2D eigenvalue weighted by Crippen LogP contribution is -2.49. The van der Waals surface area contributed by atoms with Crippen molar-refractivity contribution in [3.8, 4) is 11.5 Å². The summed E-state index contributed by atoms with van der Waals surface area (Å²) in [4.78, 5) is 28.7. The molecule has 1 aliphatic carbocycles. The molecule has 2 atom stereocenters. The van der Waals surface area contributed by atoms with Gasteiger partial charge < -0.3 is 19.7 Å². The molecule has 2 aliphatic heterocycles. The number of hydrogen-bond acceptors (Lipinski definition) is 9. The van der Waals surface area contributed by atoms with Gasteiger partial charge in [0.25, 0.3) is 5.69 Å². The van der Waals surface area contributed by atoms with Crippen molar-refractivity contribution in [1.82, 2.24) is 14.6 Å². The third-order valence-corrected chi connectivity index (χ3v) is 9.08. The highest BCUT2D eigenvalue weighted by Gasteiger charge is 2.29. The lowest BCUT2D eigenvalue weighted by molar-refractivity contribution is -0.385. The second kappa shape index (κ2) is 11.8. The number of nitrogens with one attached hydrogen (secondary N) is 1. The zero-order chi connectivity index (χ0) is 27.5. The van der Waals surface area contributed by atoms with Gasteiger partial charge in [-0.05, 0) is 60.5 Å². The summed E-state index contributed by atoms with van der Waals surface area (Å²) in [7, 11) is 0. The van der Waals surface area contributed by atoms with Gasteiger partial charge in [0.05, 0.1) is 21.3 Å². The zero-order valence-electron chi connectivity index (χ0n) is 22.3. The number of ether oxygens (including phenoxy) is 2. The van der Waals surface area contributed by atoms with Gasteiger partial charge in [-0.1, -0.05) is 25.0 Å². The summed E-state index contributed by atoms with van der Waals surface area (Å²) in [6.45, 7) is 5.66. The average Bonchev–Trinajstić information content (AvgIpc) is 3.62. The van der Waals surface area contributed by atoms with Crippen molar-refractivity contribution in [3.05, 3.63) is 58.2 Å². The normalized spacial score (nSPS) is 21.2. The largest absolute Gasteiger partial charge is 0.454 e. The summed E-state index contributed by atoms with van der Waals surface area (Å²) >= 11 is 1.57. The fraction of sp³-hybridized carbons (Fsp3) is 0.448. The molecule has 1 N–H and O–H groups in total. The molecule has 6 rings (SSSR count). The summed E-state index contributed by atoms with van der Waals surface area (Å²) in [5, 5.41) is 15.8. The first-order chi connectivity index (χ1) is 19.5. The molecular weight excluding hydrogens is 530 g/mol. The molecule has 10 nitrogen and oxygen atoms in total. The molecule has 11 heteroatoms. The number of nitro benzene ring substituents is 1. The van der Waals surface area contributed by atoms with Gasteiger partial charge >= 0.3 is 0 Å². The van der Waals surface area contributed by atoms with Crippen LogP contribution in [0.3, 0.4) is 0 Å². The Hall–Kier alpha value is -3.70. The standard InChI is InChI=1S/C29H33N5O5S/c35-28(10-9-20-15-25-26(39-19-38-25)16-24(20)34(36)37)30-17-21-5-1-2-6-22(21)18-32-11-13-33(14-12-32)29-23-7-3-4-8-27(23)40-31-29/h3-4,7-10,15-16,21-22H,1-2,5-6,11-14,17-19H2,(H,30,35)/t21-,22-/m1/s1.